The summed E-state index contributed by atoms with van der Waals surface area (Å²) in [5.41, 5.74) is 1.29. The Labute approximate surface area is 118 Å². The van der Waals surface area contributed by atoms with Crippen molar-refractivity contribution in [1.82, 2.24) is 5.32 Å². The number of rotatable bonds is 4. The molecule has 0 spiro atoms. The Hall–Kier alpha value is -0.670. The van der Waals surface area contributed by atoms with Gasteiger partial charge in [-0.25, -0.2) is 0 Å². The zero-order valence-corrected chi connectivity index (χ0v) is 12.2. The van der Waals surface area contributed by atoms with Gasteiger partial charge in [0.05, 0.1) is 0 Å². The molecule has 1 atom stereocenters. The van der Waals surface area contributed by atoms with Gasteiger partial charge in [0.25, 0.3) is 0 Å². The average molecular weight is 283 g/mol. The van der Waals surface area contributed by atoms with E-state index in [-0.39, 0.29) is 0 Å². The fraction of sp³-hybridized carbons (Fsp3) is 0.500. The summed E-state index contributed by atoms with van der Waals surface area (Å²) >= 11 is 7.70. The van der Waals surface area contributed by atoms with E-state index in [1.54, 1.807) is 0 Å². The molecule has 0 amide bonds. The number of thioether (sulfide) groups is 1. The fourth-order valence-electron chi connectivity index (χ4n) is 1.92. The smallest absolute Gasteiger partial charge is 0.156 e. The molecule has 2 nitrogen and oxygen atoms in total. The Bertz CT molecular complexity index is 403. The van der Waals surface area contributed by atoms with Gasteiger partial charge < -0.3 is 5.32 Å². The van der Waals surface area contributed by atoms with Gasteiger partial charge in [0.15, 0.2) is 5.17 Å². The minimum Gasteiger partial charge on any atom is -0.362 e. The SMILES string of the molecule is CCC1CCSC(=NCCc2ccc(Cl)cc2)N1. The van der Waals surface area contributed by atoms with E-state index in [1.807, 2.05) is 23.9 Å². The number of benzene rings is 1. The zero-order chi connectivity index (χ0) is 12.8. The van der Waals surface area contributed by atoms with Crippen LogP contribution in [0, 0.1) is 0 Å². The van der Waals surface area contributed by atoms with E-state index in [4.69, 9.17) is 11.6 Å². The third kappa shape index (κ3) is 4.21. The van der Waals surface area contributed by atoms with Crippen molar-refractivity contribution in [3.8, 4) is 0 Å². The molecule has 1 N–H and O–H groups in total. The molecule has 0 radical (unpaired) electrons. The van der Waals surface area contributed by atoms with Crippen molar-refractivity contribution in [3.05, 3.63) is 34.9 Å². The summed E-state index contributed by atoms with van der Waals surface area (Å²) in [7, 11) is 0. The third-order valence-corrected chi connectivity index (χ3v) is 4.31. The molecule has 1 aromatic carbocycles. The van der Waals surface area contributed by atoms with Crippen molar-refractivity contribution >= 4 is 28.5 Å². The highest BCUT2D eigenvalue weighted by atomic mass is 35.5. The first-order chi connectivity index (χ1) is 8.78. The molecule has 0 saturated carbocycles. The van der Waals surface area contributed by atoms with Gasteiger partial charge in [0.1, 0.15) is 0 Å². The molecule has 98 valence electrons. The molecule has 0 aliphatic carbocycles. The number of hydrogen-bond donors (Lipinski definition) is 1. The third-order valence-electron chi connectivity index (χ3n) is 3.09. The maximum atomic E-state index is 5.86. The highest BCUT2D eigenvalue weighted by Crippen LogP contribution is 2.16. The number of nitrogens with one attached hydrogen (secondary N) is 1. The van der Waals surface area contributed by atoms with Gasteiger partial charge in [-0.1, -0.05) is 42.4 Å². The second kappa shape index (κ2) is 7.05. The van der Waals surface area contributed by atoms with E-state index in [9.17, 15) is 0 Å². The summed E-state index contributed by atoms with van der Waals surface area (Å²) in [6, 6.07) is 8.62. The normalized spacial score (nSPS) is 21.9. The van der Waals surface area contributed by atoms with Gasteiger partial charge in [-0.15, -0.1) is 0 Å². The van der Waals surface area contributed by atoms with E-state index < -0.39 is 0 Å². The van der Waals surface area contributed by atoms with Crippen LogP contribution < -0.4 is 5.32 Å². The first-order valence-electron chi connectivity index (χ1n) is 6.46. The molecule has 4 heteroatoms. The molecule has 1 fully saturated rings. The Balaban J connectivity index is 1.81. The Kier molecular flexibility index (Phi) is 5.39. The molecule has 1 aliphatic heterocycles. The molecule has 1 heterocycles. The molecule has 0 aromatic heterocycles. The van der Waals surface area contributed by atoms with Crippen LogP contribution in [0.4, 0.5) is 0 Å². The van der Waals surface area contributed by atoms with Crippen LogP contribution in [0.5, 0.6) is 0 Å². The van der Waals surface area contributed by atoms with Gasteiger partial charge in [-0.05, 0) is 37.0 Å². The van der Waals surface area contributed by atoms with Crippen LogP contribution in [-0.4, -0.2) is 23.5 Å². The topological polar surface area (TPSA) is 24.4 Å². The van der Waals surface area contributed by atoms with Crippen molar-refractivity contribution in [1.29, 1.82) is 0 Å². The number of hydrogen-bond acceptors (Lipinski definition) is 2. The van der Waals surface area contributed by atoms with Gasteiger partial charge in [-0.3, -0.25) is 4.99 Å². The van der Waals surface area contributed by atoms with Gasteiger partial charge in [0, 0.05) is 23.4 Å². The van der Waals surface area contributed by atoms with Crippen molar-refractivity contribution < 1.29 is 0 Å². The maximum Gasteiger partial charge on any atom is 0.156 e. The van der Waals surface area contributed by atoms with Crippen LogP contribution in [-0.2, 0) is 6.42 Å². The minimum absolute atomic E-state index is 0.612. The van der Waals surface area contributed by atoms with E-state index in [2.05, 4.69) is 29.4 Å². The highest BCUT2D eigenvalue weighted by Gasteiger charge is 2.14. The van der Waals surface area contributed by atoms with Gasteiger partial charge in [-0.2, -0.15) is 0 Å². The van der Waals surface area contributed by atoms with Crippen molar-refractivity contribution in [2.24, 2.45) is 4.99 Å². The first kappa shape index (κ1) is 13.8. The van der Waals surface area contributed by atoms with E-state index in [0.29, 0.717) is 6.04 Å². The minimum atomic E-state index is 0.612. The van der Waals surface area contributed by atoms with Crippen molar-refractivity contribution in [2.75, 3.05) is 12.3 Å². The molecule has 1 aromatic rings. The summed E-state index contributed by atoms with van der Waals surface area (Å²) < 4.78 is 0. The molecule has 1 unspecified atom stereocenters. The van der Waals surface area contributed by atoms with E-state index >= 15 is 0 Å². The van der Waals surface area contributed by atoms with E-state index in [0.717, 1.165) is 23.2 Å². The average Bonchev–Trinajstić information content (AvgIpc) is 2.41. The van der Waals surface area contributed by atoms with Crippen LogP contribution in [0.25, 0.3) is 0 Å². The quantitative estimate of drug-likeness (QED) is 0.910. The maximum absolute atomic E-state index is 5.86. The van der Waals surface area contributed by atoms with Crippen LogP contribution >= 0.6 is 23.4 Å². The van der Waals surface area contributed by atoms with Crippen LogP contribution in [0.15, 0.2) is 29.3 Å². The molecular formula is C14H19ClN2S. The Morgan fingerprint density at radius 2 is 2.17 bits per heavy atom. The number of amidine groups is 1. The highest BCUT2D eigenvalue weighted by molar-refractivity contribution is 8.13. The first-order valence-corrected chi connectivity index (χ1v) is 7.82. The summed E-state index contributed by atoms with van der Waals surface area (Å²) in [4.78, 5) is 4.63. The monoisotopic (exact) mass is 282 g/mol. The van der Waals surface area contributed by atoms with Crippen molar-refractivity contribution in [3.63, 3.8) is 0 Å². The lowest BCUT2D eigenvalue weighted by Crippen LogP contribution is -2.37. The van der Waals surface area contributed by atoms with Gasteiger partial charge in [0.2, 0.25) is 0 Å². The summed E-state index contributed by atoms with van der Waals surface area (Å²) in [6.07, 6.45) is 3.40. The summed E-state index contributed by atoms with van der Waals surface area (Å²) in [5, 5.41) is 5.40. The van der Waals surface area contributed by atoms with Crippen molar-refractivity contribution in [2.45, 2.75) is 32.2 Å². The molecular weight excluding hydrogens is 264 g/mol. The molecule has 18 heavy (non-hydrogen) atoms. The largest absolute Gasteiger partial charge is 0.362 e. The fourth-order valence-corrected chi connectivity index (χ4v) is 3.08. The Morgan fingerprint density at radius 3 is 2.89 bits per heavy atom. The van der Waals surface area contributed by atoms with Crippen LogP contribution in [0.1, 0.15) is 25.3 Å². The number of aliphatic imine (C=N–C) groups is 1. The lowest BCUT2D eigenvalue weighted by Gasteiger charge is -2.24. The number of halogens is 1. The predicted octanol–water partition coefficient (Wildman–Crippen LogP) is 3.74. The molecule has 0 bridgehead atoms. The number of nitrogens with zero attached hydrogens (tertiary/aromatic N) is 1. The summed E-state index contributed by atoms with van der Waals surface area (Å²) in [5.74, 6) is 1.19. The summed E-state index contributed by atoms with van der Waals surface area (Å²) in [6.45, 7) is 3.06. The Morgan fingerprint density at radius 1 is 1.39 bits per heavy atom. The zero-order valence-electron chi connectivity index (χ0n) is 10.7. The van der Waals surface area contributed by atoms with E-state index in [1.165, 1.54) is 24.2 Å². The predicted molar refractivity (Wildman–Crippen MR) is 81.7 cm³/mol. The molecule has 1 saturated heterocycles. The van der Waals surface area contributed by atoms with Crippen LogP contribution in [0.2, 0.25) is 5.02 Å². The second-order valence-electron chi connectivity index (χ2n) is 4.45. The lowest BCUT2D eigenvalue weighted by molar-refractivity contribution is 0.570. The van der Waals surface area contributed by atoms with Gasteiger partial charge >= 0.3 is 0 Å². The molecule has 2 rings (SSSR count). The lowest BCUT2D eigenvalue weighted by atomic mass is 10.1. The standard InChI is InChI=1S/C14H19ClN2S/c1-2-13-8-10-18-14(17-13)16-9-7-11-3-5-12(15)6-4-11/h3-6,13H,2,7-10H2,1H3,(H,16,17). The molecule has 1 aliphatic rings. The van der Waals surface area contributed by atoms with Crippen LogP contribution in [0.3, 0.4) is 0 Å². The second-order valence-corrected chi connectivity index (χ2v) is 5.97.